The number of rotatable bonds is 4. The predicted molar refractivity (Wildman–Crippen MR) is 59.6 cm³/mol. The molecule has 7 nitrogen and oxygen atoms in total. The van der Waals surface area contributed by atoms with Crippen LogP contribution < -0.4 is 4.74 Å². The van der Waals surface area contributed by atoms with Gasteiger partial charge in [-0.25, -0.2) is 9.59 Å². The van der Waals surface area contributed by atoms with Gasteiger partial charge in [0.1, 0.15) is 5.75 Å². The molecule has 0 spiro atoms. The van der Waals surface area contributed by atoms with Crippen molar-refractivity contribution in [2.45, 2.75) is 11.6 Å². The Labute approximate surface area is 116 Å². The lowest BCUT2D eigenvalue weighted by Gasteiger charge is -2.15. The molecule has 0 amide bonds. The van der Waals surface area contributed by atoms with Gasteiger partial charge in [-0.15, -0.1) is 0 Å². The van der Waals surface area contributed by atoms with Crippen molar-refractivity contribution < 1.29 is 45.2 Å². The molecule has 116 valence electrons. The molecule has 21 heavy (non-hydrogen) atoms. The van der Waals surface area contributed by atoms with E-state index in [1.54, 1.807) is 0 Å². The maximum absolute atomic E-state index is 11.9. The van der Waals surface area contributed by atoms with Crippen molar-refractivity contribution in [2.75, 3.05) is 0 Å². The van der Waals surface area contributed by atoms with E-state index in [1.807, 2.05) is 0 Å². The van der Waals surface area contributed by atoms with Crippen molar-refractivity contribution >= 4 is 22.1 Å². The van der Waals surface area contributed by atoms with Gasteiger partial charge in [0.05, 0.1) is 0 Å². The van der Waals surface area contributed by atoms with Gasteiger partial charge in [-0.1, -0.05) is 18.2 Å². The molecule has 0 aromatic heterocycles. The summed E-state index contributed by atoms with van der Waals surface area (Å²) in [4.78, 5) is 21.7. The first-order chi connectivity index (χ1) is 9.51. The fourth-order valence-electron chi connectivity index (χ4n) is 1.05. The van der Waals surface area contributed by atoms with Crippen molar-refractivity contribution in [3.05, 3.63) is 30.3 Å². The van der Waals surface area contributed by atoms with E-state index in [9.17, 15) is 31.2 Å². The van der Waals surface area contributed by atoms with Crippen LogP contribution in [0.2, 0.25) is 0 Å². The summed E-state index contributed by atoms with van der Waals surface area (Å²) in [6.45, 7) is 0. The van der Waals surface area contributed by atoms with Crippen LogP contribution >= 0.6 is 0 Å². The molecular weight excluding hydrogens is 321 g/mol. The minimum Gasteiger partial charge on any atom is -0.461 e. The summed E-state index contributed by atoms with van der Waals surface area (Å²) in [6.07, 6.45) is -5.51. The fraction of sp³-hybridized carbons (Fsp3) is 0.200. The molecular formula is C10H7F3O7S. The number of hydrogen-bond acceptors (Lipinski definition) is 6. The Morgan fingerprint density at radius 3 is 2.10 bits per heavy atom. The van der Waals surface area contributed by atoms with Crippen LogP contribution in [0.15, 0.2) is 30.3 Å². The summed E-state index contributed by atoms with van der Waals surface area (Å²) >= 11 is 0. The number of halogens is 3. The van der Waals surface area contributed by atoms with Crippen LogP contribution in [0.3, 0.4) is 0 Å². The lowest BCUT2D eigenvalue weighted by Crippen LogP contribution is -2.40. The zero-order valence-corrected chi connectivity index (χ0v) is 10.7. The van der Waals surface area contributed by atoms with Crippen molar-refractivity contribution in [2.24, 2.45) is 0 Å². The molecule has 0 aliphatic heterocycles. The molecule has 11 heteroatoms. The molecule has 0 aliphatic rings. The van der Waals surface area contributed by atoms with Crippen LogP contribution in [0.4, 0.5) is 13.2 Å². The van der Waals surface area contributed by atoms with Crippen molar-refractivity contribution in [3.63, 3.8) is 0 Å². The number of benzene rings is 1. The molecule has 0 bridgehead atoms. The molecule has 0 aliphatic carbocycles. The molecule has 1 N–H and O–H groups in total. The van der Waals surface area contributed by atoms with Gasteiger partial charge >= 0.3 is 33.7 Å². The first kappa shape index (κ1) is 16.9. The topological polar surface area (TPSA) is 107 Å². The summed E-state index contributed by atoms with van der Waals surface area (Å²) in [7, 11) is -5.27. The highest BCUT2D eigenvalue weighted by Gasteiger charge is 2.46. The maximum Gasteiger partial charge on any atom is 0.491 e. The molecule has 0 saturated heterocycles. The van der Waals surface area contributed by atoms with E-state index in [2.05, 4.69) is 9.47 Å². The van der Waals surface area contributed by atoms with E-state index in [0.717, 1.165) is 12.1 Å². The van der Waals surface area contributed by atoms with Gasteiger partial charge in [0.2, 0.25) is 0 Å². The monoisotopic (exact) mass is 328 g/mol. The third kappa shape index (κ3) is 5.04. The molecule has 1 aromatic carbocycles. The number of carbonyl (C=O) groups excluding carboxylic acids is 2. The number of carbonyl (C=O) groups is 2. The Kier molecular flexibility index (Phi) is 4.91. The van der Waals surface area contributed by atoms with Crippen molar-refractivity contribution in [1.82, 2.24) is 0 Å². The van der Waals surface area contributed by atoms with E-state index in [0.29, 0.717) is 0 Å². The predicted octanol–water partition coefficient (Wildman–Crippen LogP) is 0.911. The highest BCUT2D eigenvalue weighted by atomic mass is 32.2. The molecule has 0 radical (unpaired) electrons. The van der Waals surface area contributed by atoms with E-state index in [4.69, 9.17) is 4.55 Å². The fourth-order valence-corrected chi connectivity index (χ4v) is 1.57. The van der Waals surface area contributed by atoms with Gasteiger partial charge in [-0.3, -0.25) is 4.55 Å². The molecule has 0 fully saturated rings. The van der Waals surface area contributed by atoms with Gasteiger partial charge in [-0.2, -0.15) is 21.6 Å². The summed E-state index contributed by atoms with van der Waals surface area (Å²) in [5.74, 6) is -5.40. The Balaban J connectivity index is 2.94. The number of ether oxygens (including phenoxy) is 2. The highest BCUT2D eigenvalue weighted by molar-refractivity contribution is 7.87. The van der Waals surface area contributed by atoms with Crippen molar-refractivity contribution in [1.29, 1.82) is 0 Å². The number of esters is 2. The average molecular weight is 328 g/mol. The highest BCUT2D eigenvalue weighted by Crippen LogP contribution is 2.19. The van der Waals surface area contributed by atoms with Crippen molar-refractivity contribution in [3.8, 4) is 5.75 Å². The van der Waals surface area contributed by atoms with E-state index >= 15 is 0 Å². The lowest BCUT2D eigenvalue weighted by atomic mass is 10.3. The zero-order valence-electron chi connectivity index (χ0n) is 9.90. The van der Waals surface area contributed by atoms with Gasteiger partial charge < -0.3 is 9.47 Å². The lowest BCUT2D eigenvalue weighted by molar-refractivity contribution is -0.202. The summed E-state index contributed by atoms with van der Waals surface area (Å²) < 4.78 is 74.3. The Hall–Kier alpha value is -2.14. The molecule has 0 saturated carbocycles. The second-order valence-electron chi connectivity index (χ2n) is 3.48. The molecule has 1 rings (SSSR count). The molecule has 1 atom stereocenters. The standard InChI is InChI=1S/C10H7F3O7S/c11-10(12,13)9(15)20-7(14)8(21(16,17)18)19-6-4-2-1-3-5-6/h1-5,8H,(H,16,17,18). The molecule has 0 heterocycles. The van der Waals surface area contributed by atoms with Crippen LogP contribution in [0.1, 0.15) is 0 Å². The Morgan fingerprint density at radius 2 is 1.67 bits per heavy atom. The quantitative estimate of drug-likeness (QED) is 0.497. The molecule has 1 aromatic rings. The normalized spacial score (nSPS) is 13.3. The van der Waals surface area contributed by atoms with Crippen LogP contribution in [0, 0.1) is 0 Å². The number of alkyl halides is 3. The zero-order chi connectivity index (χ0) is 16.3. The maximum atomic E-state index is 11.9. The molecule has 1 unspecified atom stereocenters. The summed E-state index contributed by atoms with van der Waals surface area (Å²) in [6, 6.07) is 6.56. The third-order valence-electron chi connectivity index (χ3n) is 1.87. The number of para-hydroxylation sites is 1. The van der Waals surface area contributed by atoms with Gasteiger partial charge in [0.25, 0.3) is 0 Å². The minimum absolute atomic E-state index is 0.253. The van der Waals surface area contributed by atoms with Gasteiger partial charge in [0, 0.05) is 0 Å². The Morgan fingerprint density at radius 1 is 1.14 bits per heavy atom. The minimum atomic E-state index is -5.51. The first-order valence-corrected chi connectivity index (χ1v) is 6.53. The SMILES string of the molecule is O=C(OC(=O)C(F)(F)F)C(Oc1ccccc1)S(=O)(=O)O. The van der Waals surface area contributed by atoms with E-state index in [-0.39, 0.29) is 5.75 Å². The van der Waals surface area contributed by atoms with Crippen LogP contribution in [-0.2, 0) is 24.4 Å². The third-order valence-corrected chi connectivity index (χ3v) is 2.70. The van der Waals surface area contributed by atoms with E-state index in [1.165, 1.54) is 18.2 Å². The van der Waals surface area contributed by atoms with Crippen LogP contribution in [0.5, 0.6) is 5.75 Å². The smallest absolute Gasteiger partial charge is 0.461 e. The average Bonchev–Trinajstić information content (AvgIpc) is 2.34. The summed E-state index contributed by atoms with van der Waals surface area (Å²) in [5.41, 5.74) is -2.83. The second-order valence-corrected chi connectivity index (χ2v) is 4.94. The van der Waals surface area contributed by atoms with E-state index < -0.39 is 33.7 Å². The largest absolute Gasteiger partial charge is 0.491 e. The Bertz CT molecular complexity index is 624. The van der Waals surface area contributed by atoms with Gasteiger partial charge in [-0.05, 0) is 12.1 Å². The van der Waals surface area contributed by atoms with Crippen LogP contribution in [-0.4, -0.2) is 36.5 Å². The first-order valence-electron chi connectivity index (χ1n) is 5.02. The summed E-state index contributed by atoms with van der Waals surface area (Å²) in [5, 5.41) is 0. The van der Waals surface area contributed by atoms with Crippen LogP contribution in [0.25, 0.3) is 0 Å². The van der Waals surface area contributed by atoms with Gasteiger partial charge in [0.15, 0.2) is 0 Å². The second kappa shape index (κ2) is 6.10. The number of hydrogen-bond donors (Lipinski definition) is 1.